The first-order valence-electron chi connectivity index (χ1n) is 6.05. The lowest BCUT2D eigenvalue weighted by Gasteiger charge is -2.34. The molecule has 1 heterocycles. The Morgan fingerprint density at radius 3 is 2.56 bits per heavy atom. The number of nitrogens with two attached hydrogens (primary N) is 1. The normalized spacial score (nSPS) is 29.5. The van der Waals surface area contributed by atoms with Gasteiger partial charge in [-0.25, -0.2) is 0 Å². The minimum absolute atomic E-state index is 0.132. The lowest BCUT2D eigenvalue weighted by Crippen LogP contribution is -2.41. The van der Waals surface area contributed by atoms with Gasteiger partial charge >= 0.3 is 11.3 Å². The molecule has 4 nitrogen and oxygen atoms in total. The molecule has 102 valence electrons. The van der Waals surface area contributed by atoms with Crippen LogP contribution >= 0.6 is 11.6 Å². The van der Waals surface area contributed by atoms with Crippen molar-refractivity contribution in [3.05, 3.63) is 11.7 Å². The van der Waals surface area contributed by atoms with E-state index in [9.17, 15) is 8.78 Å². The standard InChI is InChI=1S/C11H16ClF2N3O/c1-2-7-3-5-10(15,6-4-7)8-16-9(18-17-8)11(12,13)14/h7H,2-6,15H2,1H3. The summed E-state index contributed by atoms with van der Waals surface area (Å²) >= 11 is 4.83. The van der Waals surface area contributed by atoms with Crippen molar-refractivity contribution in [2.24, 2.45) is 11.7 Å². The third kappa shape index (κ3) is 2.64. The van der Waals surface area contributed by atoms with Crippen LogP contribution < -0.4 is 5.73 Å². The van der Waals surface area contributed by atoms with Crippen LogP contribution in [0.1, 0.15) is 50.7 Å². The van der Waals surface area contributed by atoms with Gasteiger partial charge in [0.1, 0.15) is 0 Å². The van der Waals surface area contributed by atoms with Gasteiger partial charge in [-0.1, -0.05) is 18.5 Å². The maximum atomic E-state index is 12.8. The highest BCUT2D eigenvalue weighted by Gasteiger charge is 2.41. The molecule has 1 aliphatic carbocycles. The van der Waals surface area contributed by atoms with Gasteiger partial charge in [0.2, 0.25) is 0 Å². The van der Waals surface area contributed by atoms with Crippen molar-refractivity contribution in [1.82, 2.24) is 10.1 Å². The van der Waals surface area contributed by atoms with Gasteiger partial charge in [0.25, 0.3) is 0 Å². The second-order valence-corrected chi connectivity index (χ2v) is 5.40. The van der Waals surface area contributed by atoms with Crippen LogP contribution in [0.4, 0.5) is 8.78 Å². The zero-order valence-corrected chi connectivity index (χ0v) is 10.9. The summed E-state index contributed by atoms with van der Waals surface area (Å²) in [5, 5.41) is -0.0833. The summed E-state index contributed by atoms with van der Waals surface area (Å²) in [6, 6.07) is 0. The van der Waals surface area contributed by atoms with Gasteiger partial charge in [-0.3, -0.25) is 0 Å². The van der Waals surface area contributed by atoms with Crippen LogP contribution in [0, 0.1) is 5.92 Å². The molecular weight excluding hydrogens is 264 g/mol. The molecule has 0 spiro atoms. The summed E-state index contributed by atoms with van der Waals surface area (Å²) in [6.45, 7) is 2.13. The van der Waals surface area contributed by atoms with Crippen molar-refractivity contribution in [2.75, 3.05) is 0 Å². The first kappa shape index (κ1) is 13.7. The second-order valence-electron chi connectivity index (χ2n) is 4.93. The van der Waals surface area contributed by atoms with E-state index in [-0.39, 0.29) is 5.82 Å². The molecule has 0 aliphatic heterocycles. The van der Waals surface area contributed by atoms with Crippen molar-refractivity contribution >= 4 is 11.6 Å². The average Bonchev–Trinajstić information content (AvgIpc) is 2.79. The molecule has 0 bridgehead atoms. The van der Waals surface area contributed by atoms with E-state index < -0.39 is 16.8 Å². The Morgan fingerprint density at radius 2 is 2.11 bits per heavy atom. The van der Waals surface area contributed by atoms with Gasteiger partial charge in [0.15, 0.2) is 5.82 Å². The Kier molecular flexibility index (Phi) is 3.60. The number of hydrogen-bond donors (Lipinski definition) is 1. The minimum Gasteiger partial charge on any atom is -0.331 e. The fourth-order valence-corrected chi connectivity index (χ4v) is 2.44. The smallest absolute Gasteiger partial charge is 0.331 e. The SMILES string of the molecule is CCC1CCC(N)(c2noc(C(F)(F)Cl)n2)CC1. The lowest BCUT2D eigenvalue weighted by atomic mass is 9.76. The predicted molar refractivity (Wildman–Crippen MR) is 62.2 cm³/mol. The Morgan fingerprint density at radius 1 is 1.50 bits per heavy atom. The summed E-state index contributed by atoms with van der Waals surface area (Å²) in [5.41, 5.74) is 5.41. The number of aromatic nitrogens is 2. The summed E-state index contributed by atoms with van der Waals surface area (Å²) < 4.78 is 30.1. The van der Waals surface area contributed by atoms with Crippen LogP contribution in [0.25, 0.3) is 0 Å². The van der Waals surface area contributed by atoms with E-state index in [0.717, 1.165) is 19.3 Å². The Hall–Kier alpha value is -0.750. The molecule has 0 radical (unpaired) electrons. The second kappa shape index (κ2) is 4.74. The lowest BCUT2D eigenvalue weighted by molar-refractivity contribution is 0.0550. The number of hydrogen-bond acceptors (Lipinski definition) is 4. The minimum atomic E-state index is -3.64. The summed E-state index contributed by atoms with van der Waals surface area (Å²) in [4.78, 5) is 3.64. The average molecular weight is 280 g/mol. The monoisotopic (exact) mass is 279 g/mol. The fraction of sp³-hybridized carbons (Fsp3) is 0.818. The fourth-order valence-electron chi connectivity index (χ4n) is 2.37. The summed E-state index contributed by atoms with van der Waals surface area (Å²) in [6.07, 6.45) is 4.37. The van der Waals surface area contributed by atoms with E-state index in [2.05, 4.69) is 21.6 Å². The maximum Gasteiger partial charge on any atom is 0.400 e. The molecule has 1 aromatic heterocycles. The molecule has 7 heteroatoms. The van der Waals surface area contributed by atoms with Crippen molar-refractivity contribution < 1.29 is 13.3 Å². The Bertz CT molecular complexity index is 411. The van der Waals surface area contributed by atoms with Gasteiger partial charge in [-0.05, 0) is 43.2 Å². The van der Waals surface area contributed by atoms with Crippen LogP contribution in [0.5, 0.6) is 0 Å². The van der Waals surface area contributed by atoms with Crippen molar-refractivity contribution in [3.8, 4) is 0 Å². The van der Waals surface area contributed by atoms with Crippen LogP contribution in [0.3, 0.4) is 0 Å². The highest BCUT2D eigenvalue weighted by atomic mass is 35.5. The first-order chi connectivity index (χ1) is 8.35. The maximum absolute atomic E-state index is 12.8. The van der Waals surface area contributed by atoms with E-state index in [1.165, 1.54) is 0 Å². The van der Waals surface area contributed by atoms with Crippen molar-refractivity contribution in [3.63, 3.8) is 0 Å². The van der Waals surface area contributed by atoms with Crippen molar-refractivity contribution in [1.29, 1.82) is 0 Å². The number of alkyl halides is 3. The zero-order chi connectivity index (χ0) is 13.4. The van der Waals surface area contributed by atoms with E-state index in [1.807, 2.05) is 0 Å². The highest BCUT2D eigenvalue weighted by Crippen LogP contribution is 2.39. The van der Waals surface area contributed by atoms with E-state index in [4.69, 9.17) is 17.3 Å². The highest BCUT2D eigenvalue weighted by molar-refractivity contribution is 6.21. The molecule has 0 saturated heterocycles. The first-order valence-corrected chi connectivity index (χ1v) is 6.43. The predicted octanol–water partition coefficient (Wildman–Crippen LogP) is 3.11. The third-order valence-electron chi connectivity index (χ3n) is 3.69. The van der Waals surface area contributed by atoms with Gasteiger partial charge in [0, 0.05) is 0 Å². The molecule has 0 unspecified atom stereocenters. The molecule has 1 aliphatic rings. The molecule has 1 aromatic rings. The zero-order valence-electron chi connectivity index (χ0n) is 10.1. The molecule has 0 amide bonds. The summed E-state index contributed by atoms with van der Waals surface area (Å²) in [5.74, 6) is -0.114. The Labute approximate surface area is 109 Å². The quantitative estimate of drug-likeness (QED) is 0.864. The van der Waals surface area contributed by atoms with Crippen LogP contribution in [-0.2, 0) is 10.9 Å². The number of halogens is 3. The largest absolute Gasteiger partial charge is 0.400 e. The molecule has 0 atom stereocenters. The number of nitrogens with zero attached hydrogens (tertiary/aromatic N) is 2. The van der Waals surface area contributed by atoms with Gasteiger partial charge < -0.3 is 10.3 Å². The molecule has 2 N–H and O–H groups in total. The van der Waals surface area contributed by atoms with E-state index in [0.29, 0.717) is 18.8 Å². The molecule has 18 heavy (non-hydrogen) atoms. The summed E-state index contributed by atoms with van der Waals surface area (Å²) in [7, 11) is 0. The molecular formula is C11H16ClF2N3O. The van der Waals surface area contributed by atoms with E-state index in [1.54, 1.807) is 0 Å². The van der Waals surface area contributed by atoms with Gasteiger partial charge in [0.05, 0.1) is 5.54 Å². The molecule has 2 rings (SSSR count). The van der Waals surface area contributed by atoms with Crippen LogP contribution in [0.15, 0.2) is 4.52 Å². The topological polar surface area (TPSA) is 64.9 Å². The molecule has 1 fully saturated rings. The van der Waals surface area contributed by atoms with Crippen LogP contribution in [0.2, 0.25) is 0 Å². The van der Waals surface area contributed by atoms with Crippen molar-refractivity contribution in [2.45, 2.75) is 49.9 Å². The van der Waals surface area contributed by atoms with Gasteiger partial charge in [-0.15, -0.1) is 0 Å². The molecule has 1 saturated carbocycles. The van der Waals surface area contributed by atoms with Gasteiger partial charge in [-0.2, -0.15) is 13.8 Å². The molecule has 0 aromatic carbocycles. The van der Waals surface area contributed by atoms with E-state index >= 15 is 0 Å². The van der Waals surface area contributed by atoms with Crippen LogP contribution in [-0.4, -0.2) is 10.1 Å². The number of rotatable bonds is 3. The Balaban J connectivity index is 2.14. The third-order valence-corrected chi connectivity index (χ3v) is 3.85.